The highest BCUT2D eigenvalue weighted by Gasteiger charge is 2.06. The zero-order chi connectivity index (χ0) is 14.8. The first-order chi connectivity index (χ1) is 9.83. The number of aldehydes is 1. The van der Waals surface area contributed by atoms with Crippen molar-refractivity contribution in [3.63, 3.8) is 0 Å². The van der Waals surface area contributed by atoms with Crippen LogP contribution in [0.2, 0.25) is 0 Å². The summed E-state index contributed by atoms with van der Waals surface area (Å²) in [4.78, 5) is 18.9. The number of hydrogen-bond acceptors (Lipinski definition) is 5. The van der Waals surface area contributed by atoms with Gasteiger partial charge in [0, 0.05) is 24.0 Å². The summed E-state index contributed by atoms with van der Waals surface area (Å²) in [6.45, 7) is 4.34. The highest BCUT2D eigenvalue weighted by atomic mass is 16.5. The van der Waals surface area contributed by atoms with E-state index in [4.69, 9.17) is 9.47 Å². The van der Waals surface area contributed by atoms with E-state index in [1.807, 2.05) is 26.0 Å². The highest BCUT2D eigenvalue weighted by molar-refractivity contribution is 5.79. The molecule has 0 fully saturated rings. The number of ether oxygens (including phenoxy) is 2. The molecule has 2 aromatic rings. The Labute approximate surface area is 118 Å². The number of carbonyl (C=O) groups excluding carboxylic acids is 1. The van der Waals surface area contributed by atoms with Gasteiger partial charge in [-0.3, -0.25) is 9.78 Å². The van der Waals surface area contributed by atoms with E-state index in [9.17, 15) is 4.79 Å². The van der Waals surface area contributed by atoms with E-state index in [0.717, 1.165) is 5.56 Å². The topological polar surface area (TPSA) is 61.3 Å². The van der Waals surface area contributed by atoms with Crippen LogP contribution in [0, 0.1) is 0 Å². The molecule has 5 heteroatoms. The van der Waals surface area contributed by atoms with Gasteiger partial charge in [-0.15, -0.1) is 0 Å². The molecular formula is C15H18N2O3. The Morgan fingerprint density at radius 1 is 1.30 bits per heavy atom. The lowest BCUT2D eigenvalue weighted by Crippen LogP contribution is -2.00. The molecular weight excluding hydrogens is 256 g/mol. The number of pyridine rings is 2. The summed E-state index contributed by atoms with van der Waals surface area (Å²) < 4.78 is 10.5. The fourth-order valence-electron chi connectivity index (χ4n) is 1.41. The number of hydrogen-bond donors (Lipinski definition) is 0. The zero-order valence-electron chi connectivity index (χ0n) is 11.9. The van der Waals surface area contributed by atoms with Gasteiger partial charge in [0.1, 0.15) is 12.4 Å². The third-order valence-corrected chi connectivity index (χ3v) is 2.33. The summed E-state index contributed by atoms with van der Waals surface area (Å²) >= 11 is 0. The summed E-state index contributed by atoms with van der Waals surface area (Å²) in [5.41, 5.74) is 1.33. The van der Waals surface area contributed by atoms with Gasteiger partial charge in [0.25, 0.3) is 0 Å². The minimum Gasteiger partial charge on any atom is -0.486 e. The van der Waals surface area contributed by atoms with Crippen molar-refractivity contribution >= 4 is 6.29 Å². The molecule has 0 saturated heterocycles. The van der Waals surface area contributed by atoms with Gasteiger partial charge >= 0.3 is 0 Å². The summed E-state index contributed by atoms with van der Waals surface area (Å²) in [6.07, 6.45) is 5.58. The first kappa shape index (κ1) is 15.6. The minimum atomic E-state index is 0.336. The van der Waals surface area contributed by atoms with E-state index in [1.165, 1.54) is 19.4 Å². The summed E-state index contributed by atoms with van der Waals surface area (Å²) in [6, 6.07) is 5.25. The maximum Gasteiger partial charge on any atom is 0.213 e. The van der Waals surface area contributed by atoms with Gasteiger partial charge in [-0.25, -0.2) is 4.98 Å². The minimum absolute atomic E-state index is 0.336. The van der Waals surface area contributed by atoms with E-state index in [-0.39, 0.29) is 0 Å². The predicted octanol–water partition coefficient (Wildman–Crippen LogP) is 2.90. The van der Waals surface area contributed by atoms with Crippen LogP contribution in [0.25, 0.3) is 0 Å². The maximum atomic E-state index is 10.9. The van der Waals surface area contributed by atoms with E-state index >= 15 is 0 Å². The largest absolute Gasteiger partial charge is 0.486 e. The van der Waals surface area contributed by atoms with Crippen molar-refractivity contribution in [1.29, 1.82) is 0 Å². The second-order valence-electron chi connectivity index (χ2n) is 3.53. The fourth-order valence-corrected chi connectivity index (χ4v) is 1.41. The van der Waals surface area contributed by atoms with Crippen molar-refractivity contribution in [3.05, 3.63) is 47.9 Å². The number of nitrogens with zero attached hydrogens (tertiary/aromatic N) is 2. The molecule has 2 aromatic heterocycles. The highest BCUT2D eigenvalue weighted by Crippen LogP contribution is 2.20. The smallest absolute Gasteiger partial charge is 0.213 e. The summed E-state index contributed by atoms with van der Waals surface area (Å²) in [7, 11) is 1.49. The molecule has 0 bridgehead atoms. The van der Waals surface area contributed by atoms with Crippen LogP contribution in [-0.4, -0.2) is 23.4 Å². The molecule has 2 heterocycles. The normalized spacial score (nSPS) is 9.15. The second kappa shape index (κ2) is 8.63. The Bertz CT molecular complexity index is 530. The van der Waals surface area contributed by atoms with Crippen molar-refractivity contribution in [2.24, 2.45) is 0 Å². The standard InChI is InChI=1S/C13H12N2O3.C2H6/c1-17-13-5-11(8-16)12(7-15-13)18-9-10-3-2-4-14-6-10;1-2/h2-8H,9H2,1H3;1-2H3. The summed E-state index contributed by atoms with van der Waals surface area (Å²) in [5, 5.41) is 0. The van der Waals surface area contributed by atoms with E-state index in [2.05, 4.69) is 9.97 Å². The average Bonchev–Trinajstić information content (AvgIpc) is 2.55. The van der Waals surface area contributed by atoms with Crippen molar-refractivity contribution in [2.45, 2.75) is 20.5 Å². The molecule has 20 heavy (non-hydrogen) atoms. The second-order valence-corrected chi connectivity index (χ2v) is 3.53. The van der Waals surface area contributed by atoms with Gasteiger partial charge in [-0.05, 0) is 6.07 Å². The van der Waals surface area contributed by atoms with Crippen LogP contribution in [0.4, 0.5) is 0 Å². The van der Waals surface area contributed by atoms with Gasteiger partial charge < -0.3 is 9.47 Å². The maximum absolute atomic E-state index is 10.9. The Balaban J connectivity index is 0.000000956. The molecule has 0 spiro atoms. The van der Waals surface area contributed by atoms with Gasteiger partial charge in [-0.2, -0.15) is 0 Å². The molecule has 0 N–H and O–H groups in total. The molecule has 0 amide bonds. The molecule has 0 aliphatic rings. The quantitative estimate of drug-likeness (QED) is 0.784. The molecule has 0 aromatic carbocycles. The Morgan fingerprint density at radius 3 is 2.70 bits per heavy atom. The van der Waals surface area contributed by atoms with Crippen molar-refractivity contribution < 1.29 is 14.3 Å². The lowest BCUT2D eigenvalue weighted by Gasteiger charge is -2.08. The number of methoxy groups -OCH3 is 1. The molecule has 2 rings (SSSR count). The van der Waals surface area contributed by atoms with E-state index in [0.29, 0.717) is 30.1 Å². The average molecular weight is 274 g/mol. The first-order valence-electron chi connectivity index (χ1n) is 6.34. The first-order valence-corrected chi connectivity index (χ1v) is 6.34. The van der Waals surface area contributed by atoms with Gasteiger partial charge in [0.2, 0.25) is 5.88 Å². The molecule has 0 aliphatic carbocycles. The number of rotatable bonds is 5. The van der Waals surface area contributed by atoms with Crippen molar-refractivity contribution in [1.82, 2.24) is 9.97 Å². The van der Waals surface area contributed by atoms with Gasteiger partial charge in [0.15, 0.2) is 6.29 Å². The third kappa shape index (κ3) is 4.35. The Kier molecular flexibility index (Phi) is 6.75. The number of aromatic nitrogens is 2. The van der Waals surface area contributed by atoms with Crippen LogP contribution in [0.3, 0.4) is 0 Å². The van der Waals surface area contributed by atoms with Crippen LogP contribution in [-0.2, 0) is 6.61 Å². The lowest BCUT2D eigenvalue weighted by molar-refractivity contribution is 0.111. The molecule has 0 radical (unpaired) electrons. The zero-order valence-corrected chi connectivity index (χ0v) is 11.9. The number of carbonyl (C=O) groups is 1. The van der Waals surface area contributed by atoms with Crippen LogP contribution < -0.4 is 9.47 Å². The van der Waals surface area contributed by atoms with Crippen LogP contribution >= 0.6 is 0 Å². The van der Waals surface area contributed by atoms with Crippen LogP contribution in [0.5, 0.6) is 11.6 Å². The van der Waals surface area contributed by atoms with Crippen LogP contribution in [0.1, 0.15) is 29.8 Å². The molecule has 106 valence electrons. The summed E-state index contributed by atoms with van der Waals surface area (Å²) in [5.74, 6) is 0.806. The Hall–Kier alpha value is -2.43. The molecule has 5 nitrogen and oxygen atoms in total. The molecule has 0 atom stereocenters. The SMILES string of the molecule is CC.COc1cc(C=O)c(OCc2cccnc2)cn1. The van der Waals surface area contributed by atoms with Crippen molar-refractivity contribution in [2.75, 3.05) is 7.11 Å². The van der Waals surface area contributed by atoms with Crippen molar-refractivity contribution in [3.8, 4) is 11.6 Å². The van der Waals surface area contributed by atoms with Gasteiger partial charge in [-0.1, -0.05) is 19.9 Å². The Morgan fingerprint density at radius 2 is 2.10 bits per heavy atom. The molecule has 0 saturated carbocycles. The molecule has 0 unspecified atom stereocenters. The monoisotopic (exact) mass is 274 g/mol. The fraction of sp³-hybridized carbons (Fsp3) is 0.267. The lowest BCUT2D eigenvalue weighted by atomic mass is 10.2. The predicted molar refractivity (Wildman–Crippen MR) is 76.1 cm³/mol. The third-order valence-electron chi connectivity index (χ3n) is 2.33. The van der Waals surface area contributed by atoms with E-state index < -0.39 is 0 Å². The molecule has 0 aliphatic heterocycles. The van der Waals surface area contributed by atoms with E-state index in [1.54, 1.807) is 12.4 Å². The van der Waals surface area contributed by atoms with Gasteiger partial charge in [0.05, 0.1) is 18.9 Å². The van der Waals surface area contributed by atoms with Crippen LogP contribution in [0.15, 0.2) is 36.8 Å².